The molecule has 1 aromatic heterocycles. The normalized spacial score (nSPS) is 20.9. The van der Waals surface area contributed by atoms with Gasteiger partial charge in [0.15, 0.2) is 0 Å². The van der Waals surface area contributed by atoms with Crippen LogP contribution in [0.25, 0.3) is 0 Å². The maximum atomic E-state index is 12.7. The van der Waals surface area contributed by atoms with Crippen molar-refractivity contribution in [3.63, 3.8) is 0 Å². The highest BCUT2D eigenvalue weighted by Crippen LogP contribution is 2.35. The molecule has 164 valence electrons. The van der Waals surface area contributed by atoms with Crippen LogP contribution in [0.3, 0.4) is 0 Å². The third-order valence-electron chi connectivity index (χ3n) is 6.72. The van der Waals surface area contributed by atoms with Crippen LogP contribution in [-0.2, 0) is 28.9 Å². The van der Waals surface area contributed by atoms with Gasteiger partial charge < -0.3 is 10.2 Å². The quantitative estimate of drug-likeness (QED) is 0.790. The molecule has 1 aliphatic carbocycles. The number of piperidine rings is 1. The molecular weight excluding hydrogens is 408 g/mol. The van der Waals surface area contributed by atoms with E-state index in [1.807, 2.05) is 29.5 Å². The summed E-state index contributed by atoms with van der Waals surface area (Å²) in [5.74, 6) is 0.548. The fourth-order valence-electron chi connectivity index (χ4n) is 5.16. The summed E-state index contributed by atoms with van der Waals surface area (Å²) >= 11 is 1.91. The molecule has 7 heteroatoms. The molecule has 0 saturated carbocycles. The van der Waals surface area contributed by atoms with Crippen LogP contribution in [0.2, 0.25) is 0 Å². The largest absolute Gasteiger partial charge is 0.325 e. The Hall–Kier alpha value is -2.25. The van der Waals surface area contributed by atoms with Crippen LogP contribution < -0.4 is 10.2 Å². The molecular formula is C24H30N4O2S. The van der Waals surface area contributed by atoms with Gasteiger partial charge in [-0.2, -0.15) is 0 Å². The van der Waals surface area contributed by atoms with Crippen molar-refractivity contribution < 1.29 is 9.59 Å². The number of hydrogen-bond acceptors (Lipinski definition) is 5. The van der Waals surface area contributed by atoms with Crippen LogP contribution in [-0.4, -0.2) is 47.9 Å². The Morgan fingerprint density at radius 3 is 2.87 bits per heavy atom. The van der Waals surface area contributed by atoms with Crippen molar-refractivity contribution in [1.29, 1.82) is 0 Å². The summed E-state index contributed by atoms with van der Waals surface area (Å²) in [4.78, 5) is 35.0. The molecule has 2 aromatic rings. The molecule has 2 aliphatic heterocycles. The Morgan fingerprint density at radius 1 is 1.16 bits per heavy atom. The summed E-state index contributed by atoms with van der Waals surface area (Å²) < 4.78 is 0. The average Bonchev–Trinajstić information content (AvgIpc) is 3.38. The monoisotopic (exact) mass is 438 g/mol. The fourth-order valence-corrected chi connectivity index (χ4v) is 6.44. The van der Waals surface area contributed by atoms with Gasteiger partial charge in [0.25, 0.3) is 0 Å². The lowest BCUT2D eigenvalue weighted by Crippen LogP contribution is -2.39. The number of carbonyl (C=O) groups is 2. The lowest BCUT2D eigenvalue weighted by atomic mass is 9.98. The van der Waals surface area contributed by atoms with Crippen LogP contribution in [0.15, 0.2) is 18.2 Å². The molecule has 31 heavy (non-hydrogen) atoms. The molecule has 3 aliphatic rings. The number of aryl methyl sites for hydroxylation is 2. The van der Waals surface area contributed by atoms with Gasteiger partial charge in [-0.3, -0.25) is 14.5 Å². The van der Waals surface area contributed by atoms with Crippen molar-refractivity contribution in [2.24, 2.45) is 0 Å². The average molecular weight is 439 g/mol. The minimum Gasteiger partial charge on any atom is -0.325 e. The van der Waals surface area contributed by atoms with Crippen molar-refractivity contribution >= 4 is 34.5 Å². The van der Waals surface area contributed by atoms with Gasteiger partial charge in [0, 0.05) is 42.2 Å². The molecule has 1 unspecified atom stereocenters. The Labute approximate surface area is 187 Å². The molecule has 6 nitrogen and oxygen atoms in total. The zero-order valence-electron chi connectivity index (χ0n) is 18.2. The third kappa shape index (κ3) is 4.39. The number of amides is 2. The van der Waals surface area contributed by atoms with Gasteiger partial charge in [0.05, 0.1) is 17.2 Å². The van der Waals surface area contributed by atoms with Gasteiger partial charge in [0.2, 0.25) is 11.8 Å². The van der Waals surface area contributed by atoms with E-state index in [2.05, 4.69) is 10.2 Å². The zero-order valence-corrected chi connectivity index (χ0v) is 19.0. The number of anilines is 2. The predicted molar refractivity (Wildman–Crippen MR) is 124 cm³/mol. The maximum Gasteiger partial charge on any atom is 0.238 e. The first-order valence-electron chi connectivity index (χ1n) is 11.5. The van der Waals surface area contributed by atoms with E-state index in [1.165, 1.54) is 41.3 Å². The Balaban J connectivity index is 1.19. The van der Waals surface area contributed by atoms with E-state index in [0.717, 1.165) is 55.8 Å². The van der Waals surface area contributed by atoms with E-state index in [1.54, 1.807) is 11.8 Å². The minimum absolute atomic E-state index is 0.0282. The van der Waals surface area contributed by atoms with Crippen LogP contribution in [0.4, 0.5) is 11.4 Å². The van der Waals surface area contributed by atoms with Crippen LogP contribution in [0.5, 0.6) is 0 Å². The molecule has 0 bridgehead atoms. The van der Waals surface area contributed by atoms with E-state index in [9.17, 15) is 9.59 Å². The van der Waals surface area contributed by atoms with Crippen LogP contribution >= 0.6 is 11.3 Å². The second-order valence-corrected chi connectivity index (χ2v) is 10.1. The highest BCUT2D eigenvalue weighted by Gasteiger charge is 2.27. The standard InChI is InChI=1S/C24H30N4O2S/c1-16(29)28-12-10-17-13-19(8-9-21(17)28)25-23(30)15-27-11-4-5-18(14-27)24-26-20-6-2-3-7-22(20)31-24/h8-9,13,18H,2-7,10-12,14-15H2,1H3,(H,25,30). The fraction of sp³-hybridized carbons (Fsp3) is 0.542. The van der Waals surface area contributed by atoms with E-state index in [0.29, 0.717) is 12.5 Å². The number of nitrogens with one attached hydrogen (secondary N) is 1. The number of nitrogens with zero attached hydrogens (tertiary/aromatic N) is 3. The predicted octanol–water partition coefficient (Wildman–Crippen LogP) is 3.75. The van der Waals surface area contributed by atoms with E-state index < -0.39 is 0 Å². The van der Waals surface area contributed by atoms with Crippen molar-refractivity contribution in [2.75, 3.05) is 36.4 Å². The summed E-state index contributed by atoms with van der Waals surface area (Å²) in [6, 6.07) is 5.85. The summed E-state index contributed by atoms with van der Waals surface area (Å²) in [5, 5.41) is 4.34. The van der Waals surface area contributed by atoms with Gasteiger partial charge in [-0.05, 0) is 75.3 Å². The number of aromatic nitrogens is 1. The highest BCUT2D eigenvalue weighted by molar-refractivity contribution is 7.11. The van der Waals surface area contributed by atoms with Gasteiger partial charge in [0.1, 0.15) is 0 Å². The number of likely N-dealkylation sites (tertiary alicyclic amines) is 1. The molecule has 1 saturated heterocycles. The molecule has 0 spiro atoms. The summed E-state index contributed by atoms with van der Waals surface area (Å²) in [6.45, 7) is 4.61. The number of fused-ring (bicyclic) bond motifs is 2. The van der Waals surface area contributed by atoms with E-state index in [-0.39, 0.29) is 11.8 Å². The van der Waals surface area contributed by atoms with Crippen molar-refractivity contribution in [3.05, 3.63) is 39.3 Å². The van der Waals surface area contributed by atoms with Gasteiger partial charge in [-0.15, -0.1) is 11.3 Å². The SMILES string of the molecule is CC(=O)N1CCc2cc(NC(=O)CN3CCCC(c4nc5c(s4)CCCC5)C3)ccc21. The van der Waals surface area contributed by atoms with Gasteiger partial charge >= 0.3 is 0 Å². The first-order chi connectivity index (χ1) is 15.1. The molecule has 2 amide bonds. The number of thiazole rings is 1. The lowest BCUT2D eigenvalue weighted by Gasteiger charge is -2.31. The van der Waals surface area contributed by atoms with E-state index in [4.69, 9.17) is 4.98 Å². The second kappa shape index (κ2) is 8.71. The Morgan fingerprint density at radius 2 is 2.03 bits per heavy atom. The molecule has 3 heterocycles. The summed E-state index contributed by atoms with van der Waals surface area (Å²) in [6.07, 6.45) is 8.00. The summed E-state index contributed by atoms with van der Waals surface area (Å²) in [5.41, 5.74) is 4.24. The number of benzene rings is 1. The summed E-state index contributed by atoms with van der Waals surface area (Å²) in [7, 11) is 0. The molecule has 1 fully saturated rings. The van der Waals surface area contributed by atoms with Gasteiger partial charge in [-0.1, -0.05) is 0 Å². The van der Waals surface area contributed by atoms with Crippen molar-refractivity contribution in [2.45, 2.75) is 57.8 Å². The van der Waals surface area contributed by atoms with Crippen molar-refractivity contribution in [3.8, 4) is 0 Å². The number of hydrogen-bond donors (Lipinski definition) is 1. The molecule has 1 aromatic carbocycles. The smallest absolute Gasteiger partial charge is 0.238 e. The first-order valence-corrected chi connectivity index (χ1v) is 12.3. The topological polar surface area (TPSA) is 65.5 Å². The van der Waals surface area contributed by atoms with Crippen LogP contribution in [0.1, 0.15) is 59.7 Å². The molecule has 0 radical (unpaired) electrons. The number of carbonyl (C=O) groups excluding carboxylic acids is 2. The molecule has 1 atom stereocenters. The number of rotatable bonds is 4. The van der Waals surface area contributed by atoms with Crippen LogP contribution in [0, 0.1) is 0 Å². The first kappa shape index (κ1) is 20.6. The lowest BCUT2D eigenvalue weighted by molar-refractivity contribution is -0.118. The maximum absolute atomic E-state index is 12.7. The molecule has 1 N–H and O–H groups in total. The van der Waals surface area contributed by atoms with E-state index >= 15 is 0 Å². The Bertz CT molecular complexity index is 978. The van der Waals surface area contributed by atoms with Crippen molar-refractivity contribution in [1.82, 2.24) is 9.88 Å². The second-order valence-electron chi connectivity index (χ2n) is 9.02. The molecule has 5 rings (SSSR count). The van der Waals surface area contributed by atoms with Gasteiger partial charge in [-0.25, -0.2) is 4.98 Å². The highest BCUT2D eigenvalue weighted by atomic mass is 32.1. The third-order valence-corrected chi connectivity index (χ3v) is 8.04. The Kier molecular flexibility index (Phi) is 5.80. The zero-order chi connectivity index (χ0) is 21.4. The minimum atomic E-state index is 0.0282.